The van der Waals surface area contributed by atoms with Crippen molar-refractivity contribution in [2.24, 2.45) is 0 Å². The molecule has 1 atom stereocenters. The van der Waals surface area contributed by atoms with E-state index in [1.807, 2.05) is 25.1 Å². The number of carbonyl (C=O) groups is 2. The van der Waals surface area contributed by atoms with Gasteiger partial charge in [-0.25, -0.2) is 4.98 Å². The molecule has 0 spiro atoms. The molecule has 26 heavy (non-hydrogen) atoms. The molecule has 136 valence electrons. The van der Waals surface area contributed by atoms with Gasteiger partial charge in [0, 0.05) is 11.8 Å². The molecular weight excluding hydrogens is 372 g/mol. The van der Waals surface area contributed by atoms with Gasteiger partial charge in [0.15, 0.2) is 5.82 Å². The van der Waals surface area contributed by atoms with Gasteiger partial charge in [0.25, 0.3) is 0 Å². The molecule has 0 aliphatic heterocycles. The van der Waals surface area contributed by atoms with Crippen molar-refractivity contribution in [1.82, 2.24) is 10.1 Å². The van der Waals surface area contributed by atoms with Crippen LogP contribution < -0.4 is 10.6 Å². The fourth-order valence-corrected chi connectivity index (χ4v) is 3.79. The number of aromatic nitrogens is 2. The molecule has 7 nitrogen and oxygen atoms in total. The van der Waals surface area contributed by atoms with Crippen molar-refractivity contribution in [2.45, 2.75) is 26.0 Å². The minimum Gasteiger partial charge on any atom is -0.360 e. The van der Waals surface area contributed by atoms with E-state index in [1.54, 1.807) is 31.3 Å². The van der Waals surface area contributed by atoms with Crippen LogP contribution in [0.15, 0.2) is 28.8 Å². The number of thioether (sulfide) groups is 1. The lowest BCUT2D eigenvalue weighted by Crippen LogP contribution is -2.25. The topological polar surface area (TPSA) is 97.1 Å². The van der Waals surface area contributed by atoms with Crippen molar-refractivity contribution >= 4 is 56.6 Å². The summed E-state index contributed by atoms with van der Waals surface area (Å²) in [5.41, 5.74) is 1.65. The van der Waals surface area contributed by atoms with Crippen LogP contribution in [0, 0.1) is 13.8 Å². The Kier molecular flexibility index (Phi) is 5.58. The smallest absolute Gasteiger partial charge is 0.238 e. The number of anilines is 2. The third-order valence-electron chi connectivity index (χ3n) is 3.49. The van der Waals surface area contributed by atoms with Gasteiger partial charge in [0.1, 0.15) is 5.76 Å². The molecule has 0 radical (unpaired) electrons. The molecule has 2 N–H and O–H groups in total. The van der Waals surface area contributed by atoms with Crippen LogP contribution in [0.25, 0.3) is 10.2 Å². The standard InChI is InChI=1S/C17H18N4O3S2/c1-9-6-15(21-24-9)20-17(23)10(2)25-8-16(22)19-12-4-5-13-14(7-12)26-11(3)18-13/h4-7,10H,8H2,1-3H3,(H,19,22)(H,20,21,23)/t10-/m1/s1. The average molecular weight is 390 g/mol. The molecule has 9 heteroatoms. The Hall–Kier alpha value is -2.39. The predicted molar refractivity (Wildman–Crippen MR) is 105 cm³/mol. The minimum atomic E-state index is -0.399. The molecule has 2 amide bonds. The Morgan fingerprint density at radius 2 is 2.08 bits per heavy atom. The largest absolute Gasteiger partial charge is 0.360 e. The zero-order valence-electron chi connectivity index (χ0n) is 14.5. The highest BCUT2D eigenvalue weighted by Crippen LogP contribution is 2.25. The van der Waals surface area contributed by atoms with E-state index in [9.17, 15) is 9.59 Å². The molecule has 0 bridgehead atoms. The third kappa shape index (κ3) is 4.61. The van der Waals surface area contributed by atoms with E-state index in [0.29, 0.717) is 11.6 Å². The van der Waals surface area contributed by atoms with Crippen molar-refractivity contribution in [3.05, 3.63) is 35.0 Å². The number of thiazole rings is 1. The van der Waals surface area contributed by atoms with Gasteiger partial charge in [-0.2, -0.15) is 0 Å². The van der Waals surface area contributed by atoms with Gasteiger partial charge in [-0.05, 0) is 39.0 Å². The van der Waals surface area contributed by atoms with Gasteiger partial charge in [0.2, 0.25) is 11.8 Å². The summed E-state index contributed by atoms with van der Waals surface area (Å²) in [6.07, 6.45) is 0. The molecular formula is C17H18N4O3S2. The van der Waals surface area contributed by atoms with Gasteiger partial charge in [0.05, 0.1) is 26.2 Å². The number of nitrogens with zero attached hydrogens (tertiary/aromatic N) is 2. The Morgan fingerprint density at radius 3 is 2.81 bits per heavy atom. The summed E-state index contributed by atoms with van der Waals surface area (Å²) in [7, 11) is 0. The monoisotopic (exact) mass is 390 g/mol. The first-order chi connectivity index (χ1) is 12.4. The number of amides is 2. The summed E-state index contributed by atoms with van der Waals surface area (Å²) < 4.78 is 5.93. The first-order valence-electron chi connectivity index (χ1n) is 7.93. The average Bonchev–Trinajstić information content (AvgIpc) is 3.16. The van der Waals surface area contributed by atoms with Crippen LogP contribution in [-0.2, 0) is 9.59 Å². The van der Waals surface area contributed by atoms with Gasteiger partial charge in [-0.15, -0.1) is 23.1 Å². The number of carbonyl (C=O) groups excluding carboxylic acids is 2. The lowest BCUT2D eigenvalue weighted by atomic mass is 10.3. The van der Waals surface area contributed by atoms with E-state index in [1.165, 1.54) is 11.8 Å². The van der Waals surface area contributed by atoms with E-state index in [0.717, 1.165) is 20.9 Å². The number of hydrogen-bond acceptors (Lipinski definition) is 7. The molecule has 2 heterocycles. The van der Waals surface area contributed by atoms with Gasteiger partial charge in [-0.3, -0.25) is 9.59 Å². The van der Waals surface area contributed by atoms with Crippen LogP contribution in [0.1, 0.15) is 17.7 Å². The predicted octanol–water partition coefficient (Wildman–Crippen LogP) is 3.60. The lowest BCUT2D eigenvalue weighted by molar-refractivity contribution is -0.115. The maximum absolute atomic E-state index is 12.1. The molecule has 0 saturated heterocycles. The normalized spacial score (nSPS) is 12.1. The highest BCUT2D eigenvalue weighted by molar-refractivity contribution is 8.01. The lowest BCUT2D eigenvalue weighted by Gasteiger charge is -2.10. The molecule has 3 aromatic rings. The van der Waals surface area contributed by atoms with Crippen LogP contribution in [0.3, 0.4) is 0 Å². The highest BCUT2D eigenvalue weighted by Gasteiger charge is 2.17. The number of aryl methyl sites for hydroxylation is 2. The van der Waals surface area contributed by atoms with Crippen molar-refractivity contribution in [3.63, 3.8) is 0 Å². The Balaban J connectivity index is 1.50. The second-order valence-corrected chi connectivity index (χ2v) is 8.29. The molecule has 2 aromatic heterocycles. The van der Waals surface area contributed by atoms with Crippen LogP contribution in [0.5, 0.6) is 0 Å². The van der Waals surface area contributed by atoms with Gasteiger partial charge >= 0.3 is 0 Å². The summed E-state index contributed by atoms with van der Waals surface area (Å²) in [6, 6.07) is 7.26. The fraction of sp³-hybridized carbons (Fsp3) is 0.294. The van der Waals surface area contributed by atoms with E-state index in [4.69, 9.17) is 4.52 Å². The van der Waals surface area contributed by atoms with Crippen molar-refractivity contribution < 1.29 is 14.1 Å². The maximum atomic E-state index is 12.1. The van der Waals surface area contributed by atoms with Gasteiger partial charge < -0.3 is 15.2 Å². The van der Waals surface area contributed by atoms with Crippen molar-refractivity contribution in [3.8, 4) is 0 Å². The molecule has 0 saturated carbocycles. The SMILES string of the molecule is Cc1cc(NC(=O)[C@@H](C)SCC(=O)Nc2ccc3nc(C)sc3c2)no1. The zero-order chi connectivity index (χ0) is 18.7. The molecule has 0 aliphatic rings. The second kappa shape index (κ2) is 7.88. The first-order valence-corrected chi connectivity index (χ1v) is 9.80. The van der Waals surface area contributed by atoms with Crippen molar-refractivity contribution in [2.75, 3.05) is 16.4 Å². The number of rotatable bonds is 6. The Labute approximate surface area is 158 Å². The van der Waals surface area contributed by atoms with Crippen molar-refractivity contribution in [1.29, 1.82) is 0 Å². The fourth-order valence-electron chi connectivity index (χ4n) is 2.24. The quantitative estimate of drug-likeness (QED) is 0.667. The molecule has 3 rings (SSSR count). The summed E-state index contributed by atoms with van der Waals surface area (Å²) in [6.45, 7) is 5.44. The maximum Gasteiger partial charge on any atom is 0.238 e. The number of nitrogens with one attached hydrogen (secondary N) is 2. The van der Waals surface area contributed by atoms with E-state index in [-0.39, 0.29) is 17.6 Å². The summed E-state index contributed by atoms with van der Waals surface area (Å²) in [5.74, 6) is 0.780. The van der Waals surface area contributed by atoms with E-state index < -0.39 is 5.25 Å². The number of benzene rings is 1. The Bertz CT molecular complexity index is 951. The number of fused-ring (bicyclic) bond motifs is 1. The first kappa shape index (κ1) is 18.4. The Morgan fingerprint density at radius 1 is 1.27 bits per heavy atom. The molecule has 0 aliphatic carbocycles. The van der Waals surface area contributed by atoms with E-state index >= 15 is 0 Å². The van der Waals surface area contributed by atoms with Crippen LogP contribution in [0.2, 0.25) is 0 Å². The minimum absolute atomic E-state index is 0.160. The van der Waals surface area contributed by atoms with E-state index in [2.05, 4.69) is 20.8 Å². The molecule has 1 aromatic carbocycles. The second-order valence-electron chi connectivity index (χ2n) is 5.73. The molecule has 0 fully saturated rings. The summed E-state index contributed by atoms with van der Waals surface area (Å²) >= 11 is 2.84. The highest BCUT2D eigenvalue weighted by atomic mass is 32.2. The summed E-state index contributed by atoms with van der Waals surface area (Å²) in [4.78, 5) is 28.6. The van der Waals surface area contributed by atoms with Crippen LogP contribution in [-0.4, -0.2) is 33.0 Å². The summed E-state index contributed by atoms with van der Waals surface area (Å²) in [5, 5.41) is 9.81. The third-order valence-corrected chi connectivity index (χ3v) is 5.57. The zero-order valence-corrected chi connectivity index (χ0v) is 16.2. The van der Waals surface area contributed by atoms with Crippen LogP contribution in [0.4, 0.5) is 11.5 Å². The van der Waals surface area contributed by atoms with Gasteiger partial charge in [-0.1, -0.05) is 5.16 Å². The molecule has 0 unspecified atom stereocenters. The number of hydrogen-bond donors (Lipinski definition) is 2. The van der Waals surface area contributed by atoms with Crippen LogP contribution >= 0.6 is 23.1 Å².